The molecule has 18 heavy (non-hydrogen) atoms. The van der Waals surface area contributed by atoms with Gasteiger partial charge in [0.1, 0.15) is 11.6 Å². The molecule has 92 valence electrons. The van der Waals surface area contributed by atoms with Gasteiger partial charge in [-0.2, -0.15) is 0 Å². The number of halogens is 1. The summed E-state index contributed by atoms with van der Waals surface area (Å²) >= 11 is 0. The smallest absolute Gasteiger partial charge is 0.152 e. The summed E-state index contributed by atoms with van der Waals surface area (Å²) in [6.07, 6.45) is 1.97. The van der Waals surface area contributed by atoms with Gasteiger partial charge in [0.05, 0.1) is 5.56 Å². The predicted molar refractivity (Wildman–Crippen MR) is 67.3 cm³/mol. The zero-order valence-corrected chi connectivity index (χ0v) is 9.77. The molecule has 2 rings (SSSR count). The number of rotatable bonds is 4. The Kier molecular flexibility index (Phi) is 3.72. The molecule has 0 unspecified atom stereocenters. The lowest BCUT2D eigenvalue weighted by Gasteiger charge is -2.04. The van der Waals surface area contributed by atoms with Crippen LogP contribution >= 0.6 is 0 Å². The van der Waals surface area contributed by atoms with Crippen LogP contribution in [0.5, 0.6) is 5.75 Å². The molecule has 0 spiro atoms. The summed E-state index contributed by atoms with van der Waals surface area (Å²) in [5.74, 6) is -0.242. The van der Waals surface area contributed by atoms with E-state index in [-0.39, 0.29) is 11.3 Å². The van der Waals surface area contributed by atoms with Gasteiger partial charge in [-0.25, -0.2) is 4.39 Å². The summed E-state index contributed by atoms with van der Waals surface area (Å²) in [6, 6.07) is 11.6. The lowest BCUT2D eigenvalue weighted by atomic mass is 10.0. The first-order chi connectivity index (χ1) is 8.69. The largest absolute Gasteiger partial charge is 0.508 e. The van der Waals surface area contributed by atoms with Crippen LogP contribution in [0, 0.1) is 5.82 Å². The standard InChI is InChI=1S/C15H13FO2/c16-15-9-12(3-6-13(15)10-17)2-1-11-4-7-14(18)8-5-11/h3-10,18H,1-2H2. The van der Waals surface area contributed by atoms with Gasteiger partial charge in [-0.05, 0) is 48.2 Å². The fourth-order valence-corrected chi connectivity index (χ4v) is 1.77. The number of aldehydes is 1. The molecule has 2 aromatic carbocycles. The number of aromatic hydroxyl groups is 1. The molecule has 0 radical (unpaired) electrons. The molecule has 0 fully saturated rings. The van der Waals surface area contributed by atoms with E-state index in [1.165, 1.54) is 12.1 Å². The maximum atomic E-state index is 13.4. The van der Waals surface area contributed by atoms with Crippen molar-refractivity contribution in [3.63, 3.8) is 0 Å². The molecule has 0 aromatic heterocycles. The van der Waals surface area contributed by atoms with Crippen LogP contribution in [0.1, 0.15) is 21.5 Å². The number of aryl methyl sites for hydroxylation is 2. The minimum atomic E-state index is -0.479. The first-order valence-corrected chi connectivity index (χ1v) is 5.70. The number of carbonyl (C=O) groups is 1. The molecule has 0 bridgehead atoms. The summed E-state index contributed by atoms with van der Waals surface area (Å²) in [6.45, 7) is 0. The second-order valence-corrected chi connectivity index (χ2v) is 4.14. The molecule has 0 saturated carbocycles. The maximum Gasteiger partial charge on any atom is 0.152 e. The minimum absolute atomic E-state index is 0.0865. The number of hydrogen-bond donors (Lipinski definition) is 1. The van der Waals surface area contributed by atoms with E-state index in [2.05, 4.69) is 0 Å². The molecule has 2 nitrogen and oxygen atoms in total. The Bertz CT molecular complexity index is 547. The topological polar surface area (TPSA) is 37.3 Å². The van der Waals surface area contributed by atoms with Crippen LogP contribution in [0.3, 0.4) is 0 Å². The van der Waals surface area contributed by atoms with Crippen LogP contribution in [-0.2, 0) is 12.8 Å². The minimum Gasteiger partial charge on any atom is -0.508 e. The normalized spacial score (nSPS) is 10.3. The summed E-state index contributed by atoms with van der Waals surface area (Å²) in [7, 11) is 0. The van der Waals surface area contributed by atoms with Crippen molar-refractivity contribution < 1.29 is 14.3 Å². The molecule has 2 aromatic rings. The lowest BCUT2D eigenvalue weighted by molar-refractivity contribution is 0.112. The molecular weight excluding hydrogens is 231 g/mol. The third-order valence-electron chi connectivity index (χ3n) is 2.83. The highest BCUT2D eigenvalue weighted by molar-refractivity contribution is 5.75. The molecule has 0 atom stereocenters. The van der Waals surface area contributed by atoms with Gasteiger partial charge in [0.25, 0.3) is 0 Å². The van der Waals surface area contributed by atoms with E-state index < -0.39 is 5.82 Å². The monoisotopic (exact) mass is 244 g/mol. The van der Waals surface area contributed by atoms with Crippen molar-refractivity contribution in [2.75, 3.05) is 0 Å². The van der Waals surface area contributed by atoms with Crippen LogP contribution in [0.4, 0.5) is 4.39 Å². The van der Waals surface area contributed by atoms with Crippen molar-refractivity contribution in [2.45, 2.75) is 12.8 Å². The van der Waals surface area contributed by atoms with Gasteiger partial charge in [-0.3, -0.25) is 4.79 Å². The maximum absolute atomic E-state index is 13.4. The van der Waals surface area contributed by atoms with E-state index >= 15 is 0 Å². The first kappa shape index (κ1) is 12.3. The summed E-state index contributed by atoms with van der Waals surface area (Å²) < 4.78 is 13.4. The molecule has 0 aliphatic carbocycles. The van der Waals surface area contributed by atoms with Crippen LogP contribution < -0.4 is 0 Å². The number of benzene rings is 2. The molecule has 1 N–H and O–H groups in total. The van der Waals surface area contributed by atoms with Gasteiger partial charge < -0.3 is 5.11 Å². The highest BCUT2D eigenvalue weighted by Gasteiger charge is 2.03. The zero-order chi connectivity index (χ0) is 13.0. The van der Waals surface area contributed by atoms with Crippen molar-refractivity contribution in [3.8, 4) is 5.75 Å². The Hall–Kier alpha value is -2.16. The molecular formula is C15H13FO2. The van der Waals surface area contributed by atoms with Crippen LogP contribution in [0.25, 0.3) is 0 Å². The third-order valence-corrected chi connectivity index (χ3v) is 2.83. The van der Waals surface area contributed by atoms with Gasteiger partial charge >= 0.3 is 0 Å². The Morgan fingerprint density at radius 1 is 1.00 bits per heavy atom. The highest BCUT2D eigenvalue weighted by Crippen LogP contribution is 2.14. The van der Waals surface area contributed by atoms with E-state index in [0.717, 1.165) is 17.5 Å². The number of phenolic OH excluding ortho intramolecular Hbond substituents is 1. The second kappa shape index (κ2) is 5.45. The van der Waals surface area contributed by atoms with E-state index in [1.54, 1.807) is 18.2 Å². The van der Waals surface area contributed by atoms with Crippen LogP contribution in [0.2, 0.25) is 0 Å². The van der Waals surface area contributed by atoms with Crippen molar-refractivity contribution in [2.24, 2.45) is 0 Å². The average molecular weight is 244 g/mol. The fourth-order valence-electron chi connectivity index (χ4n) is 1.77. The third kappa shape index (κ3) is 2.94. The Morgan fingerprint density at radius 2 is 1.61 bits per heavy atom. The van der Waals surface area contributed by atoms with Crippen molar-refractivity contribution >= 4 is 6.29 Å². The van der Waals surface area contributed by atoms with Gasteiger partial charge in [0.2, 0.25) is 0 Å². The second-order valence-electron chi connectivity index (χ2n) is 4.14. The molecule has 0 saturated heterocycles. The molecule has 0 heterocycles. The average Bonchev–Trinajstić information content (AvgIpc) is 2.38. The van der Waals surface area contributed by atoms with E-state index in [4.69, 9.17) is 5.11 Å². The Balaban J connectivity index is 2.04. The van der Waals surface area contributed by atoms with E-state index in [1.807, 2.05) is 12.1 Å². The first-order valence-electron chi connectivity index (χ1n) is 5.70. The van der Waals surface area contributed by atoms with Crippen molar-refractivity contribution in [3.05, 3.63) is 65.0 Å². The van der Waals surface area contributed by atoms with Crippen LogP contribution in [0.15, 0.2) is 42.5 Å². The SMILES string of the molecule is O=Cc1ccc(CCc2ccc(O)cc2)cc1F. The molecule has 3 heteroatoms. The van der Waals surface area contributed by atoms with Gasteiger partial charge in [0, 0.05) is 0 Å². The quantitative estimate of drug-likeness (QED) is 0.839. The Labute approximate surface area is 105 Å². The molecule has 0 aliphatic rings. The lowest BCUT2D eigenvalue weighted by Crippen LogP contribution is -1.94. The summed E-state index contributed by atoms with van der Waals surface area (Å²) in [5, 5.41) is 9.15. The highest BCUT2D eigenvalue weighted by atomic mass is 19.1. The van der Waals surface area contributed by atoms with Crippen molar-refractivity contribution in [1.29, 1.82) is 0 Å². The molecule has 0 amide bonds. The Morgan fingerprint density at radius 3 is 2.22 bits per heavy atom. The number of carbonyl (C=O) groups excluding carboxylic acids is 1. The van der Waals surface area contributed by atoms with Gasteiger partial charge in [-0.15, -0.1) is 0 Å². The predicted octanol–water partition coefficient (Wildman–Crippen LogP) is 3.13. The van der Waals surface area contributed by atoms with Crippen LogP contribution in [-0.4, -0.2) is 11.4 Å². The van der Waals surface area contributed by atoms with E-state index in [0.29, 0.717) is 12.7 Å². The van der Waals surface area contributed by atoms with Gasteiger partial charge in [0.15, 0.2) is 6.29 Å². The fraction of sp³-hybridized carbons (Fsp3) is 0.133. The van der Waals surface area contributed by atoms with E-state index in [9.17, 15) is 9.18 Å². The summed E-state index contributed by atoms with van der Waals surface area (Å²) in [5.41, 5.74) is 2.02. The van der Waals surface area contributed by atoms with Crippen molar-refractivity contribution in [1.82, 2.24) is 0 Å². The zero-order valence-electron chi connectivity index (χ0n) is 9.77. The number of hydrogen-bond acceptors (Lipinski definition) is 2. The molecule has 0 aliphatic heterocycles. The van der Waals surface area contributed by atoms with Gasteiger partial charge in [-0.1, -0.05) is 18.2 Å². The number of phenols is 1. The summed E-state index contributed by atoms with van der Waals surface area (Å²) in [4.78, 5) is 10.5.